The van der Waals surface area contributed by atoms with Gasteiger partial charge in [-0.05, 0) is 36.5 Å². The van der Waals surface area contributed by atoms with Gasteiger partial charge in [0.05, 0.1) is 12.1 Å². The van der Waals surface area contributed by atoms with Crippen LogP contribution in [-0.2, 0) is 16.1 Å². The Kier molecular flexibility index (Phi) is 8.65. The summed E-state index contributed by atoms with van der Waals surface area (Å²) in [5.41, 5.74) is 1.18. The van der Waals surface area contributed by atoms with Gasteiger partial charge in [0.15, 0.2) is 0 Å². The maximum absolute atomic E-state index is 13.7. The van der Waals surface area contributed by atoms with Gasteiger partial charge in [0.25, 0.3) is 5.91 Å². The predicted molar refractivity (Wildman–Crippen MR) is 126 cm³/mol. The van der Waals surface area contributed by atoms with Gasteiger partial charge in [0.2, 0.25) is 5.91 Å². The molecule has 6 nitrogen and oxygen atoms in total. The van der Waals surface area contributed by atoms with E-state index in [0.29, 0.717) is 6.54 Å². The number of terminal acetylenes is 1. The van der Waals surface area contributed by atoms with E-state index in [-0.39, 0.29) is 29.7 Å². The predicted octanol–water partition coefficient (Wildman–Crippen LogP) is 3.95. The first kappa shape index (κ1) is 24.1. The van der Waals surface area contributed by atoms with Gasteiger partial charge < -0.3 is 15.0 Å². The van der Waals surface area contributed by atoms with Crippen LogP contribution in [0, 0.1) is 18.3 Å². The Morgan fingerprint density at radius 1 is 1.06 bits per heavy atom. The number of esters is 1. The van der Waals surface area contributed by atoms with Crippen molar-refractivity contribution in [2.24, 2.45) is 5.92 Å². The minimum absolute atomic E-state index is 0.00714. The van der Waals surface area contributed by atoms with E-state index in [1.807, 2.05) is 30.3 Å². The zero-order valence-corrected chi connectivity index (χ0v) is 19.0. The second-order valence-corrected chi connectivity index (χ2v) is 8.27. The van der Waals surface area contributed by atoms with Crippen molar-refractivity contribution in [2.45, 2.75) is 51.6 Å². The molecule has 2 amide bonds. The van der Waals surface area contributed by atoms with Crippen molar-refractivity contribution in [3.05, 3.63) is 65.7 Å². The van der Waals surface area contributed by atoms with Gasteiger partial charge in [-0.1, -0.05) is 67.6 Å². The molecule has 1 atom stereocenters. The molecule has 1 unspecified atom stereocenters. The lowest BCUT2D eigenvalue weighted by Crippen LogP contribution is -2.53. The second-order valence-electron chi connectivity index (χ2n) is 8.27. The van der Waals surface area contributed by atoms with Crippen LogP contribution in [0.2, 0.25) is 0 Å². The highest BCUT2D eigenvalue weighted by atomic mass is 16.5. The number of carbonyl (C=O) groups is 3. The van der Waals surface area contributed by atoms with Gasteiger partial charge in [0, 0.05) is 13.5 Å². The second kappa shape index (κ2) is 11.9. The number of hydrogen-bond acceptors (Lipinski definition) is 4. The fourth-order valence-electron chi connectivity index (χ4n) is 4.39. The summed E-state index contributed by atoms with van der Waals surface area (Å²) in [7, 11) is 0. The molecule has 6 heteroatoms. The van der Waals surface area contributed by atoms with E-state index in [1.165, 1.54) is 11.8 Å². The Hall–Kier alpha value is -3.59. The summed E-state index contributed by atoms with van der Waals surface area (Å²) in [6.07, 6.45) is 10.5. The van der Waals surface area contributed by atoms with Crippen molar-refractivity contribution >= 4 is 17.8 Å². The molecule has 33 heavy (non-hydrogen) atoms. The summed E-state index contributed by atoms with van der Waals surface area (Å²) in [5, 5.41) is 3.00. The Balaban J connectivity index is 1.91. The summed E-state index contributed by atoms with van der Waals surface area (Å²) in [5.74, 6) is 1.54. The van der Waals surface area contributed by atoms with E-state index in [1.54, 1.807) is 24.3 Å². The van der Waals surface area contributed by atoms with E-state index >= 15 is 0 Å². The first-order chi connectivity index (χ1) is 16.0. The van der Waals surface area contributed by atoms with E-state index in [9.17, 15) is 14.4 Å². The molecule has 0 bridgehead atoms. The van der Waals surface area contributed by atoms with Crippen molar-refractivity contribution in [2.75, 3.05) is 6.54 Å². The average Bonchev–Trinajstić information content (AvgIpc) is 2.83. The topological polar surface area (TPSA) is 75.7 Å². The van der Waals surface area contributed by atoms with Crippen LogP contribution in [0.15, 0.2) is 54.6 Å². The highest BCUT2D eigenvalue weighted by Crippen LogP contribution is 2.31. The van der Waals surface area contributed by atoms with E-state index < -0.39 is 17.9 Å². The third kappa shape index (κ3) is 6.45. The molecule has 2 aromatic rings. The van der Waals surface area contributed by atoms with Crippen LogP contribution in [0.4, 0.5) is 0 Å². The number of nitrogens with zero attached hydrogens (tertiary/aromatic N) is 1. The van der Waals surface area contributed by atoms with Crippen molar-refractivity contribution in [1.29, 1.82) is 0 Å². The fraction of sp³-hybridized carbons (Fsp3) is 0.370. The average molecular weight is 447 g/mol. The van der Waals surface area contributed by atoms with E-state index in [0.717, 1.165) is 37.7 Å². The molecular formula is C27H30N2O4. The van der Waals surface area contributed by atoms with Crippen LogP contribution in [0.1, 0.15) is 54.9 Å². The molecule has 0 saturated heterocycles. The molecule has 172 valence electrons. The van der Waals surface area contributed by atoms with E-state index in [4.69, 9.17) is 11.2 Å². The highest BCUT2D eigenvalue weighted by molar-refractivity contribution is 6.00. The Bertz CT molecular complexity index is 1010. The molecule has 0 aromatic heterocycles. The van der Waals surface area contributed by atoms with Crippen molar-refractivity contribution in [3.8, 4) is 18.1 Å². The molecule has 1 saturated carbocycles. The first-order valence-corrected chi connectivity index (χ1v) is 11.3. The third-order valence-electron chi connectivity index (χ3n) is 5.90. The Morgan fingerprint density at radius 3 is 2.39 bits per heavy atom. The lowest BCUT2D eigenvalue weighted by Gasteiger charge is -2.37. The number of hydrogen-bond donors (Lipinski definition) is 1. The van der Waals surface area contributed by atoms with Gasteiger partial charge in [-0.25, -0.2) is 0 Å². The monoisotopic (exact) mass is 446 g/mol. The molecule has 1 fully saturated rings. The summed E-state index contributed by atoms with van der Waals surface area (Å²) in [4.78, 5) is 40.1. The summed E-state index contributed by atoms with van der Waals surface area (Å²) >= 11 is 0. The van der Waals surface area contributed by atoms with Crippen molar-refractivity contribution in [1.82, 2.24) is 10.2 Å². The maximum atomic E-state index is 13.7. The van der Waals surface area contributed by atoms with Crippen LogP contribution in [0.3, 0.4) is 0 Å². The normalized spacial score (nSPS) is 14.5. The SMILES string of the molecule is C#CCN(C(=O)c1ccccc1OC(C)=O)C(C(=O)NCc1ccccc1)C1CCCCC1. The van der Waals surface area contributed by atoms with Gasteiger partial charge in [-0.15, -0.1) is 6.42 Å². The Labute approximate surface area is 195 Å². The maximum Gasteiger partial charge on any atom is 0.308 e. The number of para-hydroxylation sites is 1. The van der Waals surface area contributed by atoms with Crippen molar-refractivity contribution in [3.63, 3.8) is 0 Å². The summed E-state index contributed by atoms with van der Waals surface area (Å²) in [6, 6.07) is 15.5. The lowest BCUT2D eigenvalue weighted by atomic mass is 9.82. The molecule has 0 radical (unpaired) electrons. The molecule has 1 N–H and O–H groups in total. The van der Waals surface area contributed by atoms with Gasteiger partial charge >= 0.3 is 5.97 Å². The van der Waals surface area contributed by atoms with Gasteiger partial charge in [-0.3, -0.25) is 14.4 Å². The zero-order chi connectivity index (χ0) is 23.6. The first-order valence-electron chi connectivity index (χ1n) is 11.3. The number of amides is 2. The number of nitrogens with one attached hydrogen (secondary N) is 1. The molecule has 3 rings (SSSR count). The highest BCUT2D eigenvalue weighted by Gasteiger charge is 2.37. The van der Waals surface area contributed by atoms with Crippen LogP contribution < -0.4 is 10.1 Å². The summed E-state index contributed by atoms with van der Waals surface area (Å²) in [6.45, 7) is 1.63. The van der Waals surface area contributed by atoms with Gasteiger partial charge in [-0.2, -0.15) is 0 Å². The minimum atomic E-state index is -0.706. The van der Waals surface area contributed by atoms with Crippen LogP contribution in [0.5, 0.6) is 5.75 Å². The lowest BCUT2D eigenvalue weighted by molar-refractivity contribution is -0.132. The molecular weight excluding hydrogens is 416 g/mol. The molecule has 1 aliphatic carbocycles. The van der Waals surface area contributed by atoms with Crippen molar-refractivity contribution < 1.29 is 19.1 Å². The molecule has 2 aromatic carbocycles. The summed E-state index contributed by atoms with van der Waals surface area (Å²) < 4.78 is 5.25. The molecule has 0 spiro atoms. The van der Waals surface area contributed by atoms with Crippen LogP contribution in [0.25, 0.3) is 0 Å². The Morgan fingerprint density at radius 2 is 1.73 bits per heavy atom. The fourth-order valence-corrected chi connectivity index (χ4v) is 4.39. The largest absolute Gasteiger partial charge is 0.426 e. The van der Waals surface area contributed by atoms with Gasteiger partial charge in [0.1, 0.15) is 11.8 Å². The standard InChI is InChI=1S/C27H30N2O4/c1-3-18-29(27(32)23-16-10-11-17-24(23)33-20(2)30)25(22-14-8-5-9-15-22)26(31)28-19-21-12-6-4-7-13-21/h1,4,6-7,10-13,16-17,22,25H,5,8-9,14-15,18-19H2,2H3,(H,28,31). The van der Waals surface area contributed by atoms with E-state index in [2.05, 4.69) is 11.2 Å². The number of benzene rings is 2. The number of rotatable bonds is 8. The molecule has 0 heterocycles. The smallest absolute Gasteiger partial charge is 0.308 e. The van der Waals surface area contributed by atoms with Crippen LogP contribution in [-0.4, -0.2) is 35.3 Å². The number of ether oxygens (including phenoxy) is 1. The van der Waals surface area contributed by atoms with Crippen LogP contribution >= 0.6 is 0 Å². The molecule has 1 aliphatic rings. The zero-order valence-electron chi connectivity index (χ0n) is 19.0. The third-order valence-corrected chi connectivity index (χ3v) is 5.90. The minimum Gasteiger partial charge on any atom is -0.426 e. The molecule has 0 aliphatic heterocycles. The number of carbonyl (C=O) groups excluding carboxylic acids is 3. The quantitative estimate of drug-likeness (QED) is 0.378.